The predicted octanol–water partition coefficient (Wildman–Crippen LogP) is 2.06. The third kappa shape index (κ3) is 4.60. The third-order valence-corrected chi connectivity index (χ3v) is 3.90. The molecule has 0 radical (unpaired) electrons. The monoisotopic (exact) mass is 328 g/mol. The van der Waals surface area contributed by atoms with Crippen molar-refractivity contribution in [1.82, 2.24) is 10.6 Å². The number of hydrogen-bond donors (Lipinski definition) is 2. The molecule has 3 atom stereocenters. The van der Waals surface area contributed by atoms with Crippen molar-refractivity contribution < 1.29 is 14.3 Å². The van der Waals surface area contributed by atoms with Crippen LogP contribution in [-0.4, -0.2) is 38.8 Å². The van der Waals surface area contributed by atoms with Gasteiger partial charge in [-0.1, -0.05) is 12.1 Å². The second-order valence-electron chi connectivity index (χ2n) is 5.38. The molecule has 2 rings (SSSR count). The number of methoxy groups -OCH3 is 2. The molecule has 6 heteroatoms. The van der Waals surface area contributed by atoms with E-state index in [0.29, 0.717) is 0 Å². The first kappa shape index (κ1) is 18.7. The predicted molar refractivity (Wildman–Crippen MR) is 88.6 cm³/mol. The molecule has 5 nitrogen and oxygen atoms in total. The summed E-state index contributed by atoms with van der Waals surface area (Å²) < 4.78 is 10.7. The van der Waals surface area contributed by atoms with Gasteiger partial charge in [0, 0.05) is 7.11 Å². The first-order valence-electron chi connectivity index (χ1n) is 7.36. The lowest BCUT2D eigenvalue weighted by atomic mass is 10.0. The minimum absolute atomic E-state index is 0. The van der Waals surface area contributed by atoms with Crippen molar-refractivity contribution in [2.24, 2.45) is 0 Å². The number of carbonyl (C=O) groups is 1. The lowest BCUT2D eigenvalue weighted by Gasteiger charge is -2.25. The molecule has 0 bridgehead atoms. The molecule has 1 aliphatic rings. The van der Waals surface area contributed by atoms with Crippen LogP contribution in [0.3, 0.4) is 0 Å². The second-order valence-corrected chi connectivity index (χ2v) is 5.38. The Morgan fingerprint density at radius 2 is 2.00 bits per heavy atom. The van der Waals surface area contributed by atoms with E-state index < -0.39 is 0 Å². The summed E-state index contributed by atoms with van der Waals surface area (Å²) >= 11 is 0. The van der Waals surface area contributed by atoms with E-state index in [1.807, 2.05) is 31.2 Å². The van der Waals surface area contributed by atoms with Gasteiger partial charge in [0.2, 0.25) is 5.91 Å². The Labute approximate surface area is 138 Å². The maximum absolute atomic E-state index is 12.2. The van der Waals surface area contributed by atoms with Gasteiger partial charge in [0.05, 0.1) is 19.2 Å². The molecule has 0 aromatic heterocycles. The van der Waals surface area contributed by atoms with Crippen molar-refractivity contribution in [1.29, 1.82) is 0 Å². The van der Waals surface area contributed by atoms with Gasteiger partial charge in [0.15, 0.2) is 0 Å². The van der Waals surface area contributed by atoms with Gasteiger partial charge in [-0.15, -0.1) is 12.4 Å². The first-order chi connectivity index (χ1) is 10.2. The molecule has 1 fully saturated rings. The van der Waals surface area contributed by atoms with Gasteiger partial charge in [-0.2, -0.15) is 0 Å². The molecule has 0 aliphatic carbocycles. The number of ether oxygens (including phenoxy) is 2. The van der Waals surface area contributed by atoms with Crippen LogP contribution >= 0.6 is 12.4 Å². The highest BCUT2D eigenvalue weighted by Crippen LogP contribution is 2.23. The van der Waals surface area contributed by atoms with Crippen LogP contribution in [0.25, 0.3) is 0 Å². The maximum Gasteiger partial charge on any atom is 0.237 e. The van der Waals surface area contributed by atoms with E-state index in [2.05, 4.69) is 10.6 Å². The number of halogens is 1. The van der Waals surface area contributed by atoms with Crippen LogP contribution in [-0.2, 0) is 9.53 Å². The first-order valence-corrected chi connectivity index (χ1v) is 7.36. The van der Waals surface area contributed by atoms with Gasteiger partial charge in [0.1, 0.15) is 11.9 Å². The summed E-state index contributed by atoms with van der Waals surface area (Å²) in [5.74, 6) is 0.857. The summed E-state index contributed by atoms with van der Waals surface area (Å²) in [4.78, 5) is 12.2. The number of hydrogen-bond acceptors (Lipinski definition) is 4. The lowest BCUT2D eigenvalue weighted by Crippen LogP contribution is -2.46. The van der Waals surface area contributed by atoms with E-state index in [1.54, 1.807) is 14.2 Å². The lowest BCUT2D eigenvalue weighted by molar-refractivity contribution is -0.124. The van der Waals surface area contributed by atoms with Crippen LogP contribution in [0, 0.1) is 0 Å². The van der Waals surface area contributed by atoms with Crippen molar-refractivity contribution in [2.45, 2.75) is 38.0 Å². The Hall–Kier alpha value is -1.30. The summed E-state index contributed by atoms with van der Waals surface area (Å²) in [6, 6.07) is 7.55. The zero-order valence-electron chi connectivity index (χ0n) is 13.3. The normalized spacial score (nSPS) is 19.9. The van der Waals surface area contributed by atoms with Crippen LogP contribution in [0.1, 0.15) is 31.4 Å². The highest BCUT2D eigenvalue weighted by Gasteiger charge is 2.26. The molecule has 0 saturated carbocycles. The van der Waals surface area contributed by atoms with Gasteiger partial charge in [0.25, 0.3) is 0 Å². The topological polar surface area (TPSA) is 59.6 Å². The van der Waals surface area contributed by atoms with E-state index >= 15 is 0 Å². The molecular weight excluding hydrogens is 304 g/mol. The summed E-state index contributed by atoms with van der Waals surface area (Å²) in [6.07, 6.45) is 1.78. The van der Waals surface area contributed by atoms with Gasteiger partial charge in [-0.25, -0.2) is 0 Å². The summed E-state index contributed by atoms with van der Waals surface area (Å²) in [7, 11) is 3.30. The van der Waals surface area contributed by atoms with Crippen molar-refractivity contribution in [3.8, 4) is 5.75 Å². The molecule has 3 unspecified atom stereocenters. The number of nitrogens with one attached hydrogen (secondary N) is 2. The largest absolute Gasteiger partial charge is 0.497 e. The highest BCUT2D eigenvalue weighted by molar-refractivity contribution is 5.85. The Morgan fingerprint density at radius 1 is 1.32 bits per heavy atom. The van der Waals surface area contributed by atoms with E-state index in [1.165, 1.54) is 0 Å². The number of carbonyl (C=O) groups excluding carboxylic acids is 1. The molecule has 1 amide bonds. The molecule has 124 valence electrons. The number of amides is 1. The number of rotatable bonds is 6. The van der Waals surface area contributed by atoms with Crippen LogP contribution in [0.2, 0.25) is 0 Å². The quantitative estimate of drug-likeness (QED) is 0.839. The highest BCUT2D eigenvalue weighted by atomic mass is 35.5. The Bertz CT molecular complexity index is 461. The summed E-state index contributed by atoms with van der Waals surface area (Å²) in [6.45, 7) is 2.88. The van der Waals surface area contributed by atoms with Gasteiger partial charge < -0.3 is 20.1 Å². The fourth-order valence-corrected chi connectivity index (χ4v) is 2.73. The molecule has 22 heavy (non-hydrogen) atoms. The van der Waals surface area contributed by atoms with Gasteiger partial charge in [-0.05, 0) is 44.0 Å². The van der Waals surface area contributed by atoms with Gasteiger partial charge >= 0.3 is 0 Å². The second kappa shape index (κ2) is 8.98. The zero-order valence-corrected chi connectivity index (χ0v) is 14.1. The minimum Gasteiger partial charge on any atom is -0.497 e. The fraction of sp³-hybridized carbons (Fsp3) is 0.562. The molecule has 1 saturated heterocycles. The maximum atomic E-state index is 12.2. The van der Waals surface area contributed by atoms with E-state index in [4.69, 9.17) is 9.47 Å². The molecule has 2 N–H and O–H groups in total. The Balaban J connectivity index is 0.00000242. The third-order valence-electron chi connectivity index (χ3n) is 3.90. The van der Waals surface area contributed by atoms with Crippen molar-refractivity contribution >= 4 is 18.3 Å². The Kier molecular flexibility index (Phi) is 7.65. The van der Waals surface area contributed by atoms with Crippen LogP contribution in [0.15, 0.2) is 24.3 Å². The standard InChI is InChI=1S/C16H24N2O3.ClH/c1-11(18-16(19)14-5-4-10-17-14)15(21-3)12-6-8-13(20-2)9-7-12;/h6-9,11,14-15,17H,4-5,10H2,1-3H3,(H,18,19);1H. The summed E-state index contributed by atoms with van der Waals surface area (Å²) in [5, 5.41) is 6.25. The van der Waals surface area contributed by atoms with Crippen LogP contribution in [0.5, 0.6) is 5.75 Å². The van der Waals surface area contributed by atoms with Crippen molar-refractivity contribution in [2.75, 3.05) is 20.8 Å². The van der Waals surface area contributed by atoms with Crippen LogP contribution in [0.4, 0.5) is 0 Å². The van der Waals surface area contributed by atoms with E-state index in [9.17, 15) is 4.79 Å². The summed E-state index contributed by atoms with van der Waals surface area (Å²) in [5.41, 5.74) is 1.02. The molecule has 1 aliphatic heterocycles. The van der Waals surface area contributed by atoms with Crippen LogP contribution < -0.4 is 15.4 Å². The average Bonchev–Trinajstić information content (AvgIpc) is 3.03. The SMILES string of the molecule is COc1ccc(C(OC)C(C)NC(=O)C2CCCN2)cc1.Cl. The molecule has 0 spiro atoms. The average molecular weight is 329 g/mol. The van der Waals surface area contributed by atoms with E-state index in [0.717, 1.165) is 30.7 Å². The number of benzene rings is 1. The molecule has 1 aromatic rings. The molecule has 1 aromatic carbocycles. The minimum atomic E-state index is -0.179. The van der Waals surface area contributed by atoms with Crippen molar-refractivity contribution in [3.05, 3.63) is 29.8 Å². The van der Waals surface area contributed by atoms with Gasteiger partial charge in [-0.3, -0.25) is 4.79 Å². The Morgan fingerprint density at radius 3 is 2.50 bits per heavy atom. The van der Waals surface area contributed by atoms with Crippen molar-refractivity contribution in [3.63, 3.8) is 0 Å². The smallest absolute Gasteiger partial charge is 0.237 e. The molecular formula is C16H25ClN2O3. The fourth-order valence-electron chi connectivity index (χ4n) is 2.73. The zero-order chi connectivity index (χ0) is 15.2. The van der Waals surface area contributed by atoms with E-state index in [-0.39, 0.29) is 36.5 Å². The molecule has 1 heterocycles.